The van der Waals surface area contributed by atoms with E-state index in [9.17, 15) is 27.6 Å². The molecule has 1 aliphatic heterocycles. The van der Waals surface area contributed by atoms with E-state index in [0.29, 0.717) is 18.5 Å². The second-order valence-corrected chi connectivity index (χ2v) is 15.4. The molecule has 0 aromatic heterocycles. The predicted octanol–water partition coefficient (Wildman–Crippen LogP) is 4.97. The fraction of sp³-hybridized carbons (Fsp3) is 0.543. The van der Waals surface area contributed by atoms with Crippen LogP contribution < -0.4 is 4.31 Å². The Labute approximate surface area is 276 Å². The van der Waals surface area contributed by atoms with Gasteiger partial charge in [0.25, 0.3) is 15.6 Å². The van der Waals surface area contributed by atoms with Crippen LogP contribution in [-0.4, -0.2) is 74.1 Å². The van der Waals surface area contributed by atoms with E-state index >= 15 is 0 Å². The van der Waals surface area contributed by atoms with E-state index in [0.717, 1.165) is 16.0 Å². The minimum Gasteiger partial charge on any atom is -0.464 e. The lowest BCUT2D eigenvalue weighted by Crippen LogP contribution is -2.54. The Morgan fingerprint density at radius 1 is 0.915 bits per heavy atom. The number of rotatable bonds is 10. The number of carbonyl (C=O) groups excluding carboxylic acids is 4. The van der Waals surface area contributed by atoms with Crippen LogP contribution in [0.25, 0.3) is 0 Å². The molecule has 2 aliphatic carbocycles. The van der Waals surface area contributed by atoms with Crippen molar-refractivity contribution in [3.05, 3.63) is 59.7 Å². The topological polar surface area (TPSA) is 136 Å². The lowest BCUT2D eigenvalue weighted by molar-refractivity contribution is -0.161. The predicted molar refractivity (Wildman–Crippen MR) is 173 cm³/mol. The smallest absolute Gasteiger partial charge is 0.412 e. The van der Waals surface area contributed by atoms with E-state index in [4.69, 9.17) is 14.2 Å². The molecule has 3 aliphatic rings. The van der Waals surface area contributed by atoms with Crippen LogP contribution in [0.2, 0.25) is 0 Å². The van der Waals surface area contributed by atoms with Crippen molar-refractivity contribution >= 4 is 39.5 Å². The Hall–Kier alpha value is -3.93. The van der Waals surface area contributed by atoms with Crippen molar-refractivity contribution in [2.75, 3.05) is 17.5 Å². The van der Waals surface area contributed by atoms with Gasteiger partial charge in [-0.05, 0) is 94.2 Å². The van der Waals surface area contributed by atoms with E-state index in [1.165, 1.54) is 23.4 Å². The average molecular weight is 669 g/mol. The zero-order valence-electron chi connectivity index (χ0n) is 28.2. The first kappa shape index (κ1) is 34.4. The zero-order chi connectivity index (χ0) is 34.7. The molecule has 254 valence electrons. The molecular formula is C35H44N2O9S. The van der Waals surface area contributed by atoms with Gasteiger partial charge in [-0.15, -0.1) is 0 Å². The number of amides is 1. The molecule has 0 radical (unpaired) electrons. The molecular weight excluding hydrogens is 624 g/mol. The van der Waals surface area contributed by atoms with Gasteiger partial charge >= 0.3 is 18.0 Å². The van der Waals surface area contributed by atoms with Crippen molar-refractivity contribution in [2.45, 2.75) is 96.9 Å². The summed E-state index contributed by atoms with van der Waals surface area (Å²) in [5.74, 6) is -3.03. The maximum absolute atomic E-state index is 14.7. The summed E-state index contributed by atoms with van der Waals surface area (Å²) in [6.45, 7) is 13.9. The van der Waals surface area contributed by atoms with Gasteiger partial charge in [-0.25, -0.2) is 22.8 Å². The second-order valence-electron chi connectivity index (χ2n) is 13.6. The highest BCUT2D eigenvalue weighted by molar-refractivity contribution is 7.92. The van der Waals surface area contributed by atoms with Crippen molar-refractivity contribution in [2.24, 2.45) is 16.7 Å². The number of benzene rings is 2. The van der Waals surface area contributed by atoms with E-state index in [2.05, 4.69) is 13.8 Å². The Kier molecular flexibility index (Phi) is 8.75. The van der Waals surface area contributed by atoms with Gasteiger partial charge in [0.05, 0.1) is 29.8 Å². The van der Waals surface area contributed by atoms with E-state index in [1.54, 1.807) is 44.2 Å². The number of fused-ring (bicyclic) bond motifs is 2. The summed E-state index contributed by atoms with van der Waals surface area (Å²) in [4.78, 5) is 54.6. The molecule has 1 saturated heterocycles. The van der Waals surface area contributed by atoms with Crippen molar-refractivity contribution in [3.8, 4) is 0 Å². The normalized spacial score (nSPS) is 26.8. The maximum Gasteiger partial charge on any atom is 0.412 e. The van der Waals surface area contributed by atoms with Crippen molar-refractivity contribution < 1.29 is 41.8 Å². The van der Waals surface area contributed by atoms with Gasteiger partial charge < -0.3 is 14.2 Å². The number of Topliss-reactive ketones (excluding diaryl/α,β-unsaturated/α-hetero) is 1. The third kappa shape index (κ3) is 5.10. The van der Waals surface area contributed by atoms with Crippen molar-refractivity contribution in [1.82, 2.24) is 4.90 Å². The SMILES string of the molecule is CCOC(=O)C1(C(=O)OCC)C(C(C)=O)N1C(=O)O[C@@H]1[C@H](N(c2cc(C)cc(C)c2)S(=O)(=O)c2ccccc2)[C@H]2CC[C@]1(C)C2(C)C. The number of hydrogen-bond acceptors (Lipinski definition) is 9. The highest BCUT2D eigenvalue weighted by Gasteiger charge is 2.81. The van der Waals surface area contributed by atoms with Crippen LogP contribution in [0.1, 0.15) is 65.5 Å². The summed E-state index contributed by atoms with van der Waals surface area (Å²) >= 11 is 0. The first-order chi connectivity index (χ1) is 22.0. The maximum atomic E-state index is 14.7. The largest absolute Gasteiger partial charge is 0.464 e. The van der Waals surface area contributed by atoms with Crippen LogP contribution in [0, 0.1) is 30.6 Å². The summed E-state index contributed by atoms with van der Waals surface area (Å²) in [6, 6.07) is 11.3. The average Bonchev–Trinajstić information content (AvgIpc) is 3.62. The minimum atomic E-state index is -4.21. The lowest BCUT2D eigenvalue weighted by atomic mass is 9.70. The van der Waals surface area contributed by atoms with Crippen molar-refractivity contribution in [3.63, 3.8) is 0 Å². The lowest BCUT2D eigenvalue weighted by Gasteiger charge is -2.42. The zero-order valence-corrected chi connectivity index (χ0v) is 29.1. The fourth-order valence-electron chi connectivity index (χ4n) is 8.17. The molecule has 1 heterocycles. The number of ketones is 1. The number of ether oxygens (including phenoxy) is 3. The van der Waals surface area contributed by atoms with Gasteiger partial charge in [0.2, 0.25) is 0 Å². The second kappa shape index (κ2) is 11.9. The summed E-state index contributed by atoms with van der Waals surface area (Å²) in [5.41, 5.74) is -1.38. The number of esters is 2. The molecule has 1 amide bonds. The van der Waals surface area contributed by atoms with Crippen LogP contribution in [0.4, 0.5) is 10.5 Å². The van der Waals surface area contributed by atoms with Crippen LogP contribution in [0.5, 0.6) is 0 Å². The Bertz CT molecular complexity index is 1670. The molecule has 2 saturated carbocycles. The summed E-state index contributed by atoms with van der Waals surface area (Å²) in [5, 5.41) is 0. The first-order valence-corrected chi connectivity index (χ1v) is 17.5. The van der Waals surface area contributed by atoms with Crippen LogP contribution in [0.15, 0.2) is 53.4 Å². The number of nitrogens with zero attached hydrogens (tertiary/aromatic N) is 2. The number of hydrogen-bond donors (Lipinski definition) is 0. The quantitative estimate of drug-likeness (QED) is 0.149. The summed E-state index contributed by atoms with van der Waals surface area (Å²) in [7, 11) is -4.21. The molecule has 5 atom stereocenters. The van der Waals surface area contributed by atoms with Gasteiger partial charge in [-0.1, -0.05) is 45.0 Å². The van der Waals surface area contributed by atoms with Crippen LogP contribution in [-0.2, 0) is 38.6 Å². The highest BCUT2D eigenvalue weighted by atomic mass is 32.2. The van der Waals surface area contributed by atoms with Gasteiger partial charge in [-0.3, -0.25) is 14.0 Å². The van der Waals surface area contributed by atoms with Crippen molar-refractivity contribution in [1.29, 1.82) is 0 Å². The van der Waals surface area contributed by atoms with Gasteiger partial charge in [-0.2, -0.15) is 0 Å². The molecule has 47 heavy (non-hydrogen) atoms. The molecule has 2 bridgehead atoms. The van der Waals surface area contributed by atoms with E-state index in [1.807, 2.05) is 26.8 Å². The van der Waals surface area contributed by atoms with Gasteiger partial charge in [0, 0.05) is 5.41 Å². The van der Waals surface area contributed by atoms with Crippen LogP contribution >= 0.6 is 0 Å². The molecule has 2 aromatic rings. The summed E-state index contributed by atoms with van der Waals surface area (Å²) in [6.07, 6.45) is -0.785. The fourth-order valence-corrected chi connectivity index (χ4v) is 9.86. The molecule has 11 nitrogen and oxygen atoms in total. The molecule has 3 fully saturated rings. The Balaban J connectivity index is 1.65. The first-order valence-electron chi connectivity index (χ1n) is 16.0. The molecule has 5 rings (SSSR count). The van der Waals surface area contributed by atoms with E-state index < -0.39 is 68.4 Å². The standard InChI is InChI=1S/C35H44N2O9S/c1-9-44-30(39)35(31(40)45-10-2)28(23(5)38)36(35)32(41)46-29-27(26-16-17-34(29,8)33(26,6)7)37(24-19-21(3)18-22(4)20-24)47(42,43)25-14-12-11-13-15-25/h11-15,18-20,26-29H,9-10,16-17H2,1-8H3/t26-,27-,28?,29-,34+,36?/m1/s1. The van der Waals surface area contributed by atoms with Gasteiger partial charge in [0.15, 0.2) is 5.78 Å². The molecule has 1 unspecified atom stereocenters. The summed E-state index contributed by atoms with van der Waals surface area (Å²) < 4.78 is 47.4. The van der Waals surface area contributed by atoms with Crippen LogP contribution in [0.3, 0.4) is 0 Å². The number of sulfonamides is 1. The molecule has 0 spiro atoms. The third-order valence-electron chi connectivity index (χ3n) is 10.7. The number of aryl methyl sites for hydroxylation is 2. The Morgan fingerprint density at radius 3 is 1.98 bits per heavy atom. The Morgan fingerprint density at radius 2 is 1.47 bits per heavy atom. The molecule has 2 aromatic carbocycles. The number of anilines is 1. The molecule has 0 N–H and O–H groups in total. The monoisotopic (exact) mass is 668 g/mol. The number of carbonyl (C=O) groups is 4. The molecule has 12 heteroatoms. The minimum absolute atomic E-state index is 0.0844. The third-order valence-corrected chi connectivity index (χ3v) is 12.5. The van der Waals surface area contributed by atoms with E-state index in [-0.39, 0.29) is 24.0 Å². The highest BCUT2D eigenvalue weighted by Crippen LogP contribution is 2.68. The van der Waals surface area contributed by atoms with Gasteiger partial charge in [0.1, 0.15) is 12.1 Å².